The van der Waals surface area contributed by atoms with E-state index in [4.69, 9.17) is 9.68 Å². The Bertz CT molecular complexity index is 349. The van der Waals surface area contributed by atoms with Crippen LogP contribution >= 0.6 is 0 Å². The molecule has 1 aromatic rings. The lowest BCUT2D eigenvalue weighted by atomic mass is 10.4. The number of furan rings is 1. The van der Waals surface area contributed by atoms with Crippen LogP contribution in [0.5, 0.6) is 0 Å². The van der Waals surface area contributed by atoms with Crippen LogP contribution < -0.4 is 0 Å². The molecule has 1 amide bonds. The van der Waals surface area contributed by atoms with Crippen LogP contribution in [0.15, 0.2) is 16.5 Å². The number of carbonyl (C=O) groups is 1. The third-order valence-corrected chi connectivity index (χ3v) is 1.61. The molecule has 0 N–H and O–H groups in total. The van der Waals surface area contributed by atoms with Crippen molar-refractivity contribution in [3.63, 3.8) is 0 Å². The predicted molar refractivity (Wildman–Crippen MR) is 46.0 cm³/mol. The second kappa shape index (κ2) is 3.76. The molecule has 1 rings (SSSR count). The lowest BCUT2D eigenvalue weighted by molar-refractivity contribution is 0.0779. The van der Waals surface area contributed by atoms with E-state index in [0.717, 1.165) is 0 Å². The van der Waals surface area contributed by atoms with Gasteiger partial charge in [-0.05, 0) is 19.1 Å². The van der Waals surface area contributed by atoms with Crippen LogP contribution in [0.25, 0.3) is 0 Å². The summed E-state index contributed by atoms with van der Waals surface area (Å²) in [7, 11) is 1.56. The zero-order valence-electron chi connectivity index (χ0n) is 7.57. The Hall–Kier alpha value is -1.76. The molecule has 13 heavy (non-hydrogen) atoms. The maximum atomic E-state index is 11.4. The summed E-state index contributed by atoms with van der Waals surface area (Å²) in [6.07, 6.45) is 0. The Morgan fingerprint density at radius 1 is 1.69 bits per heavy atom. The van der Waals surface area contributed by atoms with Gasteiger partial charge in [-0.3, -0.25) is 4.79 Å². The Kier molecular flexibility index (Phi) is 2.70. The molecule has 1 heterocycles. The van der Waals surface area contributed by atoms with Gasteiger partial charge in [-0.1, -0.05) is 0 Å². The van der Waals surface area contributed by atoms with Crippen molar-refractivity contribution in [2.45, 2.75) is 6.92 Å². The fraction of sp³-hybridized carbons (Fsp3) is 0.333. The zero-order valence-corrected chi connectivity index (χ0v) is 7.57. The Morgan fingerprint density at radius 2 is 2.38 bits per heavy atom. The number of hydrogen-bond acceptors (Lipinski definition) is 3. The van der Waals surface area contributed by atoms with E-state index in [-0.39, 0.29) is 18.2 Å². The van der Waals surface area contributed by atoms with E-state index in [2.05, 4.69) is 0 Å². The summed E-state index contributed by atoms with van der Waals surface area (Å²) < 4.78 is 5.11. The van der Waals surface area contributed by atoms with Gasteiger partial charge in [-0.2, -0.15) is 5.26 Å². The highest BCUT2D eigenvalue weighted by Crippen LogP contribution is 2.08. The summed E-state index contributed by atoms with van der Waals surface area (Å²) in [6, 6.07) is 5.21. The van der Waals surface area contributed by atoms with Crippen LogP contribution in [0.4, 0.5) is 0 Å². The number of amides is 1. The Balaban J connectivity index is 2.74. The van der Waals surface area contributed by atoms with E-state index in [1.165, 1.54) is 4.90 Å². The highest BCUT2D eigenvalue weighted by Gasteiger charge is 2.14. The first-order valence-corrected chi connectivity index (χ1v) is 3.84. The third kappa shape index (κ3) is 2.09. The first kappa shape index (κ1) is 9.33. The number of rotatable bonds is 2. The van der Waals surface area contributed by atoms with Gasteiger partial charge in [0.2, 0.25) is 0 Å². The minimum Gasteiger partial charge on any atom is -0.456 e. The standard InChI is InChI=1S/C9H10N2O2/c1-7-3-4-8(13-7)9(12)11(2)6-5-10/h3-4H,6H2,1-2H3. The largest absolute Gasteiger partial charge is 0.456 e. The van der Waals surface area contributed by atoms with Gasteiger partial charge in [0.15, 0.2) is 5.76 Å². The fourth-order valence-electron chi connectivity index (χ4n) is 0.915. The number of hydrogen-bond donors (Lipinski definition) is 0. The average Bonchev–Trinajstić information content (AvgIpc) is 2.51. The molecular formula is C9H10N2O2. The molecule has 0 unspecified atom stereocenters. The van der Waals surface area contributed by atoms with Gasteiger partial charge in [0.05, 0.1) is 6.07 Å². The van der Waals surface area contributed by atoms with Crippen LogP contribution in [0.3, 0.4) is 0 Å². The third-order valence-electron chi connectivity index (χ3n) is 1.61. The van der Waals surface area contributed by atoms with E-state index >= 15 is 0 Å². The molecule has 0 saturated carbocycles. The van der Waals surface area contributed by atoms with Crippen LogP contribution in [-0.2, 0) is 0 Å². The molecule has 1 aromatic heterocycles. The maximum Gasteiger partial charge on any atom is 0.290 e. The molecule has 0 aromatic carbocycles. The van der Waals surface area contributed by atoms with Crippen molar-refractivity contribution in [3.05, 3.63) is 23.7 Å². The summed E-state index contributed by atoms with van der Waals surface area (Å²) in [4.78, 5) is 12.7. The summed E-state index contributed by atoms with van der Waals surface area (Å²) >= 11 is 0. The Labute approximate surface area is 76.4 Å². The summed E-state index contributed by atoms with van der Waals surface area (Å²) in [5, 5.41) is 8.36. The molecule has 0 aliphatic rings. The first-order valence-electron chi connectivity index (χ1n) is 3.84. The predicted octanol–water partition coefficient (Wildman–Crippen LogP) is 1.18. The molecule has 0 radical (unpaired) electrons. The van der Waals surface area contributed by atoms with Gasteiger partial charge in [-0.15, -0.1) is 0 Å². The number of nitriles is 1. The van der Waals surface area contributed by atoms with Crippen molar-refractivity contribution >= 4 is 5.91 Å². The van der Waals surface area contributed by atoms with Crippen molar-refractivity contribution in [3.8, 4) is 6.07 Å². The topological polar surface area (TPSA) is 57.2 Å². The van der Waals surface area contributed by atoms with Crippen LogP contribution in [0.1, 0.15) is 16.3 Å². The molecule has 0 fully saturated rings. The molecule has 0 spiro atoms. The highest BCUT2D eigenvalue weighted by molar-refractivity contribution is 5.91. The van der Waals surface area contributed by atoms with Crippen molar-refractivity contribution in [1.82, 2.24) is 4.90 Å². The van der Waals surface area contributed by atoms with Crippen LogP contribution in [-0.4, -0.2) is 24.4 Å². The quantitative estimate of drug-likeness (QED) is 0.639. The number of carbonyl (C=O) groups excluding carboxylic acids is 1. The molecule has 0 aliphatic carbocycles. The highest BCUT2D eigenvalue weighted by atomic mass is 16.3. The van der Waals surface area contributed by atoms with E-state index in [1.807, 2.05) is 6.07 Å². The maximum absolute atomic E-state index is 11.4. The van der Waals surface area contributed by atoms with Crippen LogP contribution in [0, 0.1) is 18.3 Å². The molecule has 0 aliphatic heterocycles. The van der Waals surface area contributed by atoms with Crippen molar-refractivity contribution in [2.75, 3.05) is 13.6 Å². The molecular weight excluding hydrogens is 168 g/mol. The molecule has 0 bridgehead atoms. The second-order valence-corrected chi connectivity index (χ2v) is 2.73. The van der Waals surface area contributed by atoms with E-state index in [0.29, 0.717) is 5.76 Å². The first-order chi connectivity index (χ1) is 6.15. The summed E-state index contributed by atoms with van der Waals surface area (Å²) in [6.45, 7) is 1.83. The van der Waals surface area contributed by atoms with Gasteiger partial charge in [-0.25, -0.2) is 0 Å². The average molecular weight is 178 g/mol. The minimum absolute atomic E-state index is 0.0680. The normalized spacial score (nSPS) is 9.31. The monoisotopic (exact) mass is 178 g/mol. The molecule has 68 valence electrons. The number of aryl methyl sites for hydroxylation is 1. The van der Waals surface area contributed by atoms with E-state index < -0.39 is 0 Å². The lowest BCUT2D eigenvalue weighted by Gasteiger charge is -2.09. The smallest absolute Gasteiger partial charge is 0.290 e. The summed E-state index contributed by atoms with van der Waals surface area (Å²) in [5.41, 5.74) is 0. The van der Waals surface area contributed by atoms with Gasteiger partial charge in [0.25, 0.3) is 5.91 Å². The second-order valence-electron chi connectivity index (χ2n) is 2.73. The van der Waals surface area contributed by atoms with Gasteiger partial charge in [0.1, 0.15) is 12.3 Å². The molecule has 0 saturated heterocycles. The van der Waals surface area contributed by atoms with Crippen molar-refractivity contribution in [1.29, 1.82) is 5.26 Å². The summed E-state index contributed by atoms with van der Waals surface area (Å²) in [5.74, 6) is 0.693. The Morgan fingerprint density at radius 3 is 2.85 bits per heavy atom. The zero-order chi connectivity index (χ0) is 9.84. The lowest BCUT2D eigenvalue weighted by Crippen LogP contribution is -2.26. The SMILES string of the molecule is Cc1ccc(C(=O)N(C)CC#N)o1. The molecule has 4 nitrogen and oxygen atoms in total. The van der Waals surface area contributed by atoms with Crippen LogP contribution in [0.2, 0.25) is 0 Å². The van der Waals surface area contributed by atoms with Gasteiger partial charge in [0, 0.05) is 7.05 Å². The van der Waals surface area contributed by atoms with Gasteiger partial charge >= 0.3 is 0 Å². The van der Waals surface area contributed by atoms with Crippen molar-refractivity contribution < 1.29 is 9.21 Å². The van der Waals surface area contributed by atoms with E-state index in [9.17, 15) is 4.79 Å². The minimum atomic E-state index is -0.269. The fourth-order valence-corrected chi connectivity index (χ4v) is 0.915. The van der Waals surface area contributed by atoms with E-state index in [1.54, 1.807) is 26.1 Å². The molecule has 0 atom stereocenters. The molecule has 4 heteroatoms. The van der Waals surface area contributed by atoms with Crippen molar-refractivity contribution in [2.24, 2.45) is 0 Å². The van der Waals surface area contributed by atoms with Gasteiger partial charge < -0.3 is 9.32 Å². The number of nitrogens with zero attached hydrogens (tertiary/aromatic N) is 2.